The smallest absolute Gasteiger partial charge is 0.228 e. The molecule has 0 radical (unpaired) electrons. The number of rotatable bonds is 9. The van der Waals surface area contributed by atoms with Crippen molar-refractivity contribution in [2.75, 3.05) is 19.5 Å². The summed E-state index contributed by atoms with van der Waals surface area (Å²) in [6, 6.07) is 11.1. The average Bonchev–Trinajstić information content (AvgIpc) is 3.32. The maximum atomic E-state index is 12.5. The van der Waals surface area contributed by atoms with Gasteiger partial charge < -0.3 is 9.47 Å². The van der Waals surface area contributed by atoms with Crippen LogP contribution in [0.4, 0.5) is 5.69 Å². The number of hydrogen-bond donors (Lipinski definition) is 1. The molecule has 1 N–H and O–H groups in total. The first-order valence-corrected chi connectivity index (χ1v) is 13.9. The van der Waals surface area contributed by atoms with Crippen LogP contribution < -0.4 is 9.46 Å². The van der Waals surface area contributed by atoms with Gasteiger partial charge in [-0.05, 0) is 56.4 Å². The summed E-state index contributed by atoms with van der Waals surface area (Å²) in [5, 5.41) is 10.3. The molecule has 1 heterocycles. The lowest BCUT2D eigenvalue weighted by molar-refractivity contribution is 0.216. The van der Waals surface area contributed by atoms with E-state index in [9.17, 15) is 8.42 Å². The molecule has 8 nitrogen and oxygen atoms in total. The van der Waals surface area contributed by atoms with Gasteiger partial charge in [-0.2, -0.15) is 0 Å². The van der Waals surface area contributed by atoms with Crippen LogP contribution in [0.1, 0.15) is 43.9 Å². The van der Waals surface area contributed by atoms with Crippen molar-refractivity contribution in [3.8, 4) is 26.9 Å². The molecular weight excluding hydrogens is 484 g/mol. The number of ether oxygens (including phenoxy) is 2. The molecule has 35 heavy (non-hydrogen) atoms. The maximum Gasteiger partial charge on any atom is 0.228 e. The van der Waals surface area contributed by atoms with Crippen molar-refractivity contribution in [1.82, 2.24) is 14.9 Å². The third kappa shape index (κ3) is 5.87. The van der Waals surface area contributed by atoms with Gasteiger partial charge in [0.25, 0.3) is 0 Å². The second-order valence-corrected chi connectivity index (χ2v) is 11.5. The highest BCUT2D eigenvalue weighted by molar-refractivity contribution is 7.89. The molecule has 4 rings (SSSR count). The zero-order valence-electron chi connectivity index (χ0n) is 19.9. The molecule has 2 aromatic carbocycles. The van der Waals surface area contributed by atoms with Gasteiger partial charge in [0.15, 0.2) is 0 Å². The molecular formula is C25H28N4O4S2. The maximum absolute atomic E-state index is 12.5. The molecule has 1 aliphatic carbocycles. The Morgan fingerprint density at radius 2 is 2.03 bits per heavy atom. The van der Waals surface area contributed by atoms with Crippen LogP contribution in [0, 0.1) is 6.57 Å². The molecule has 10 heteroatoms. The monoisotopic (exact) mass is 512 g/mol. The summed E-state index contributed by atoms with van der Waals surface area (Å²) in [6.07, 6.45) is 2.44. The Labute approximate surface area is 210 Å². The summed E-state index contributed by atoms with van der Waals surface area (Å²) in [5.74, 6) is 0.488. The van der Waals surface area contributed by atoms with Crippen LogP contribution in [-0.2, 0) is 21.2 Å². The molecule has 1 aromatic heterocycles. The van der Waals surface area contributed by atoms with Crippen molar-refractivity contribution in [2.24, 2.45) is 0 Å². The topological polar surface area (TPSA) is 94.8 Å². The number of methoxy groups -OCH3 is 1. The Kier molecular flexibility index (Phi) is 7.82. The second kappa shape index (κ2) is 10.8. The molecule has 0 saturated carbocycles. The Morgan fingerprint density at radius 3 is 2.77 bits per heavy atom. The molecule has 0 amide bonds. The molecule has 0 spiro atoms. The van der Waals surface area contributed by atoms with Crippen molar-refractivity contribution in [3.05, 3.63) is 58.9 Å². The number of hydrogen-bond acceptors (Lipinski definition) is 7. The minimum absolute atomic E-state index is 0.0213. The van der Waals surface area contributed by atoms with E-state index in [1.54, 1.807) is 12.1 Å². The van der Waals surface area contributed by atoms with Crippen LogP contribution in [0.3, 0.4) is 0 Å². The van der Waals surface area contributed by atoms with Gasteiger partial charge in [-0.3, -0.25) is 0 Å². The molecule has 1 aliphatic rings. The van der Waals surface area contributed by atoms with Gasteiger partial charge in [0.2, 0.25) is 15.7 Å². The second-order valence-electron chi connectivity index (χ2n) is 8.62. The molecule has 0 bridgehead atoms. The number of benzene rings is 2. The van der Waals surface area contributed by atoms with E-state index in [2.05, 4.69) is 19.8 Å². The lowest BCUT2D eigenvalue weighted by Crippen LogP contribution is -2.34. The highest BCUT2D eigenvalue weighted by atomic mass is 32.2. The van der Waals surface area contributed by atoms with Gasteiger partial charge >= 0.3 is 0 Å². The number of sulfonamides is 1. The fourth-order valence-electron chi connectivity index (χ4n) is 4.18. The Balaban J connectivity index is 1.63. The highest BCUT2D eigenvalue weighted by Crippen LogP contribution is 2.40. The van der Waals surface area contributed by atoms with Crippen LogP contribution in [-0.4, -0.2) is 44.2 Å². The van der Waals surface area contributed by atoms with Crippen LogP contribution >= 0.6 is 11.3 Å². The molecule has 0 aliphatic heterocycles. The van der Waals surface area contributed by atoms with Crippen LogP contribution in [0.2, 0.25) is 0 Å². The summed E-state index contributed by atoms with van der Waals surface area (Å²) < 4.78 is 38.5. The lowest BCUT2D eigenvalue weighted by atomic mass is 9.85. The molecule has 0 unspecified atom stereocenters. The van der Waals surface area contributed by atoms with E-state index >= 15 is 0 Å². The van der Waals surface area contributed by atoms with Gasteiger partial charge in [0, 0.05) is 24.3 Å². The van der Waals surface area contributed by atoms with E-state index in [0.29, 0.717) is 16.4 Å². The fourth-order valence-corrected chi connectivity index (χ4v) is 6.25. The van der Waals surface area contributed by atoms with E-state index in [4.69, 9.17) is 16.0 Å². The van der Waals surface area contributed by atoms with Crippen molar-refractivity contribution >= 4 is 27.0 Å². The van der Waals surface area contributed by atoms with Crippen molar-refractivity contribution in [1.29, 1.82) is 0 Å². The minimum atomic E-state index is -3.45. The fraction of sp³-hybridized carbons (Fsp3) is 0.400. The summed E-state index contributed by atoms with van der Waals surface area (Å²) in [7, 11) is -1.96. The van der Waals surface area contributed by atoms with Gasteiger partial charge in [0.1, 0.15) is 15.8 Å². The Morgan fingerprint density at radius 1 is 1.23 bits per heavy atom. The van der Waals surface area contributed by atoms with Gasteiger partial charge in [0.05, 0.1) is 25.0 Å². The first-order chi connectivity index (χ1) is 16.8. The first-order valence-electron chi connectivity index (χ1n) is 11.4. The first kappa shape index (κ1) is 25.3. The van der Waals surface area contributed by atoms with Gasteiger partial charge in [-0.15, -0.1) is 10.2 Å². The van der Waals surface area contributed by atoms with Crippen LogP contribution in [0.15, 0.2) is 36.4 Å². The molecule has 0 fully saturated rings. The van der Waals surface area contributed by atoms with Crippen molar-refractivity contribution < 1.29 is 17.9 Å². The van der Waals surface area contributed by atoms with E-state index in [0.717, 1.165) is 46.5 Å². The number of nitrogens with zero attached hydrogens (tertiary/aromatic N) is 3. The lowest BCUT2D eigenvalue weighted by Gasteiger charge is -2.27. The number of nitrogens with one attached hydrogen (secondary N) is 1. The summed E-state index contributed by atoms with van der Waals surface area (Å²) in [6.45, 7) is 11.5. The van der Waals surface area contributed by atoms with Gasteiger partial charge in [-0.1, -0.05) is 35.6 Å². The molecule has 0 saturated heterocycles. The minimum Gasteiger partial charge on any atom is -0.502 e. The third-order valence-corrected chi connectivity index (χ3v) is 8.08. The summed E-state index contributed by atoms with van der Waals surface area (Å²) in [5.41, 5.74) is 4.30. The largest absolute Gasteiger partial charge is 0.502 e. The molecule has 3 aromatic rings. The Hall–Kier alpha value is -2.84. The molecule has 184 valence electrons. The third-order valence-electron chi connectivity index (χ3n) is 5.73. The normalized spacial score (nSPS) is 15.6. The Bertz CT molecular complexity index is 1350. The van der Waals surface area contributed by atoms with E-state index in [1.165, 1.54) is 18.4 Å². The SMILES string of the molecule is [C-]#[N+]c1cc(-c2nnc(-c3cccc4c3CCC[C@H]4NS(=O)(=O)CCOC)s2)ccc1OC(C)C. The standard InChI is InChI=1S/C25H28N4O4S2/c1-16(2)33-23-12-11-17(15-22(23)26-3)24-27-28-25(34-24)20-9-5-8-19-18(20)7-6-10-21(19)29-35(30,31)14-13-32-4/h5,8-9,11-12,15-16,21,29H,6-7,10,13-14H2,1-2,4H3/t21-/m1/s1. The average molecular weight is 513 g/mol. The predicted octanol–water partition coefficient (Wildman–Crippen LogP) is 5.15. The molecule has 1 atom stereocenters. The summed E-state index contributed by atoms with van der Waals surface area (Å²) in [4.78, 5) is 3.61. The predicted molar refractivity (Wildman–Crippen MR) is 137 cm³/mol. The highest BCUT2D eigenvalue weighted by Gasteiger charge is 2.27. The van der Waals surface area contributed by atoms with Crippen LogP contribution in [0.5, 0.6) is 5.75 Å². The number of fused-ring (bicyclic) bond motifs is 1. The number of aromatic nitrogens is 2. The van der Waals surface area contributed by atoms with E-state index in [-0.39, 0.29) is 24.5 Å². The van der Waals surface area contributed by atoms with Crippen molar-refractivity contribution in [2.45, 2.75) is 45.3 Å². The van der Waals surface area contributed by atoms with Crippen LogP contribution in [0.25, 0.3) is 26.0 Å². The summed E-state index contributed by atoms with van der Waals surface area (Å²) >= 11 is 1.46. The van der Waals surface area contributed by atoms with Crippen molar-refractivity contribution in [3.63, 3.8) is 0 Å². The zero-order valence-corrected chi connectivity index (χ0v) is 21.6. The van der Waals surface area contributed by atoms with E-state index in [1.807, 2.05) is 38.1 Å². The van der Waals surface area contributed by atoms with E-state index < -0.39 is 10.0 Å². The van der Waals surface area contributed by atoms with Gasteiger partial charge in [-0.25, -0.2) is 18.0 Å². The zero-order chi connectivity index (χ0) is 25.0. The quantitative estimate of drug-likeness (QED) is 0.398.